The van der Waals surface area contributed by atoms with Crippen LogP contribution in [0.2, 0.25) is 0 Å². The van der Waals surface area contributed by atoms with Crippen LogP contribution in [0, 0.1) is 0 Å². The quantitative estimate of drug-likeness (QED) is 0.637. The minimum Gasteiger partial charge on any atom is -0.493 e. The third-order valence-corrected chi connectivity index (χ3v) is 3.50. The molecule has 0 bridgehead atoms. The van der Waals surface area contributed by atoms with Gasteiger partial charge in [0.25, 0.3) is 0 Å². The van der Waals surface area contributed by atoms with Crippen LogP contribution < -0.4 is 10.5 Å². The Bertz CT molecular complexity index is 507. The number of thiocarbonyl (C=S) groups is 1. The molecule has 20 heavy (non-hydrogen) atoms. The van der Waals surface area contributed by atoms with Crippen molar-refractivity contribution in [2.45, 2.75) is 6.42 Å². The number of rotatable bonds is 6. The van der Waals surface area contributed by atoms with E-state index < -0.39 is 0 Å². The molecule has 1 fully saturated rings. The highest BCUT2D eigenvalue weighted by Crippen LogP contribution is 2.18. The number of amides is 2. The molecule has 0 atom stereocenters. The fourth-order valence-electron chi connectivity index (χ4n) is 2.14. The maximum atomic E-state index is 11.7. The fourth-order valence-corrected chi connectivity index (χ4v) is 2.31. The molecule has 1 saturated heterocycles. The second kappa shape index (κ2) is 6.56. The summed E-state index contributed by atoms with van der Waals surface area (Å²) in [6, 6.07) is 7.55. The van der Waals surface area contributed by atoms with Gasteiger partial charge in [-0.1, -0.05) is 24.4 Å². The van der Waals surface area contributed by atoms with E-state index in [2.05, 4.69) is 0 Å². The lowest BCUT2D eigenvalue weighted by atomic mass is 10.2. The average molecular weight is 293 g/mol. The Labute approximate surface area is 124 Å². The first-order valence-electron chi connectivity index (χ1n) is 6.61. The van der Waals surface area contributed by atoms with Crippen molar-refractivity contribution in [1.29, 1.82) is 0 Å². The molecule has 2 rings (SSSR count). The van der Waals surface area contributed by atoms with E-state index >= 15 is 0 Å². The van der Waals surface area contributed by atoms with Gasteiger partial charge in [0.15, 0.2) is 0 Å². The average Bonchev–Trinajstić information content (AvgIpc) is 2.75. The van der Waals surface area contributed by atoms with Crippen molar-refractivity contribution in [1.82, 2.24) is 9.80 Å². The molecule has 108 valence electrons. The third-order valence-electron chi connectivity index (χ3n) is 3.28. The Balaban J connectivity index is 1.79. The number of carbonyl (C=O) groups excluding carboxylic acids is 1. The first-order chi connectivity index (χ1) is 9.59. The van der Waals surface area contributed by atoms with Crippen molar-refractivity contribution in [3.8, 4) is 5.75 Å². The second-order valence-electron chi connectivity index (χ2n) is 4.75. The molecule has 0 unspecified atom stereocenters. The number of likely N-dealkylation sites (N-methyl/N-ethyl adjacent to an activating group) is 1. The van der Waals surface area contributed by atoms with Crippen LogP contribution in [0.5, 0.6) is 5.75 Å². The van der Waals surface area contributed by atoms with Crippen LogP contribution in [0.1, 0.15) is 12.0 Å². The number of nitrogens with zero attached hydrogens (tertiary/aromatic N) is 2. The molecule has 2 N–H and O–H groups in total. The molecule has 2 amide bonds. The zero-order valence-corrected chi connectivity index (χ0v) is 12.4. The number of carbonyl (C=O) groups is 1. The number of benzene rings is 1. The first-order valence-corrected chi connectivity index (χ1v) is 7.02. The number of hydrogen-bond donors (Lipinski definition) is 1. The summed E-state index contributed by atoms with van der Waals surface area (Å²) in [5, 5.41) is 0. The Morgan fingerprint density at radius 3 is 2.80 bits per heavy atom. The predicted molar refractivity (Wildman–Crippen MR) is 82.0 cm³/mol. The lowest BCUT2D eigenvalue weighted by molar-refractivity contribution is 0.194. The van der Waals surface area contributed by atoms with E-state index in [0.717, 1.165) is 25.1 Å². The van der Waals surface area contributed by atoms with E-state index in [-0.39, 0.29) is 6.03 Å². The third kappa shape index (κ3) is 3.39. The number of para-hydroxylation sites is 1. The molecule has 0 aromatic heterocycles. The molecule has 0 spiro atoms. The Morgan fingerprint density at radius 2 is 2.15 bits per heavy atom. The summed E-state index contributed by atoms with van der Waals surface area (Å²) in [7, 11) is 1.82. The van der Waals surface area contributed by atoms with Crippen LogP contribution in [0.4, 0.5) is 4.79 Å². The molecule has 0 saturated carbocycles. The van der Waals surface area contributed by atoms with Crippen molar-refractivity contribution in [2.24, 2.45) is 5.73 Å². The van der Waals surface area contributed by atoms with Crippen LogP contribution in [0.3, 0.4) is 0 Å². The van der Waals surface area contributed by atoms with Crippen LogP contribution >= 0.6 is 12.2 Å². The Hall–Kier alpha value is -1.82. The van der Waals surface area contributed by atoms with Crippen molar-refractivity contribution in [2.75, 3.05) is 33.3 Å². The standard InChI is InChI=1S/C14H19N3O2S/c1-16-8-9-17(14(16)18)7-4-10-19-12-6-3-2-5-11(12)13(15)20/h2-3,5-6H,4,7-10H2,1H3,(H2,15,20). The summed E-state index contributed by atoms with van der Waals surface area (Å²) in [5.41, 5.74) is 6.39. The summed E-state index contributed by atoms with van der Waals surface area (Å²) in [6.07, 6.45) is 0.783. The first kappa shape index (κ1) is 14.6. The fraction of sp³-hybridized carbons (Fsp3) is 0.429. The molecule has 0 radical (unpaired) electrons. The van der Waals surface area contributed by atoms with Crippen molar-refractivity contribution in [3.05, 3.63) is 29.8 Å². The van der Waals surface area contributed by atoms with Gasteiger partial charge in [0.2, 0.25) is 0 Å². The van der Waals surface area contributed by atoms with Crippen LogP contribution in [0.25, 0.3) is 0 Å². The second-order valence-corrected chi connectivity index (χ2v) is 5.19. The van der Waals surface area contributed by atoms with Gasteiger partial charge in [-0.15, -0.1) is 0 Å². The molecule has 1 heterocycles. The summed E-state index contributed by atoms with van der Waals surface area (Å²) in [4.78, 5) is 15.6. The van der Waals surface area contributed by atoms with E-state index in [0.29, 0.717) is 23.9 Å². The molecular weight excluding hydrogens is 274 g/mol. The van der Waals surface area contributed by atoms with Crippen molar-refractivity contribution in [3.63, 3.8) is 0 Å². The number of urea groups is 1. The Morgan fingerprint density at radius 1 is 1.40 bits per heavy atom. The summed E-state index contributed by atoms with van der Waals surface area (Å²) in [6.45, 7) is 2.83. The highest BCUT2D eigenvalue weighted by molar-refractivity contribution is 7.80. The molecule has 1 aliphatic rings. The topological polar surface area (TPSA) is 58.8 Å². The molecular formula is C14H19N3O2S. The van der Waals surface area contributed by atoms with Gasteiger partial charge in [0.05, 0.1) is 12.2 Å². The minimum atomic E-state index is 0.0912. The zero-order valence-electron chi connectivity index (χ0n) is 11.5. The summed E-state index contributed by atoms with van der Waals surface area (Å²) >= 11 is 4.98. The van der Waals surface area contributed by atoms with Gasteiger partial charge >= 0.3 is 6.03 Å². The maximum Gasteiger partial charge on any atom is 0.319 e. The minimum absolute atomic E-state index is 0.0912. The van der Waals surface area contributed by atoms with Crippen molar-refractivity contribution < 1.29 is 9.53 Å². The van der Waals surface area contributed by atoms with Gasteiger partial charge in [-0.3, -0.25) is 0 Å². The van der Waals surface area contributed by atoms with E-state index in [1.165, 1.54) is 0 Å². The summed E-state index contributed by atoms with van der Waals surface area (Å²) in [5.74, 6) is 0.699. The maximum absolute atomic E-state index is 11.7. The monoisotopic (exact) mass is 293 g/mol. The zero-order chi connectivity index (χ0) is 14.5. The van der Waals surface area contributed by atoms with Crippen LogP contribution in [-0.2, 0) is 0 Å². The van der Waals surface area contributed by atoms with Gasteiger partial charge in [-0.05, 0) is 18.6 Å². The van der Waals surface area contributed by atoms with Gasteiger partial charge in [-0.25, -0.2) is 4.79 Å². The van der Waals surface area contributed by atoms with Crippen LogP contribution in [-0.4, -0.2) is 54.1 Å². The van der Waals surface area contributed by atoms with E-state index in [4.69, 9.17) is 22.7 Å². The highest BCUT2D eigenvalue weighted by atomic mass is 32.1. The number of ether oxygens (including phenoxy) is 1. The normalized spacial score (nSPS) is 14.8. The molecule has 1 aliphatic heterocycles. The predicted octanol–water partition coefficient (Wildman–Crippen LogP) is 1.46. The van der Waals surface area contributed by atoms with Crippen LogP contribution in [0.15, 0.2) is 24.3 Å². The Kier molecular flexibility index (Phi) is 4.79. The van der Waals surface area contributed by atoms with Gasteiger partial charge in [-0.2, -0.15) is 0 Å². The smallest absolute Gasteiger partial charge is 0.319 e. The number of hydrogen-bond acceptors (Lipinski definition) is 3. The molecule has 0 aliphatic carbocycles. The van der Waals surface area contributed by atoms with E-state index in [1.54, 1.807) is 4.90 Å². The van der Waals surface area contributed by atoms with Gasteiger partial charge in [0.1, 0.15) is 10.7 Å². The highest BCUT2D eigenvalue weighted by Gasteiger charge is 2.24. The largest absolute Gasteiger partial charge is 0.493 e. The SMILES string of the molecule is CN1CCN(CCCOc2ccccc2C(N)=S)C1=O. The number of nitrogens with two attached hydrogens (primary N) is 1. The lowest BCUT2D eigenvalue weighted by Crippen LogP contribution is -2.30. The molecule has 1 aromatic carbocycles. The van der Waals surface area contributed by atoms with E-state index in [1.807, 2.05) is 36.2 Å². The van der Waals surface area contributed by atoms with Gasteiger partial charge in [0, 0.05) is 26.7 Å². The van der Waals surface area contributed by atoms with E-state index in [9.17, 15) is 4.79 Å². The summed E-state index contributed by atoms with van der Waals surface area (Å²) < 4.78 is 5.70. The molecule has 5 nitrogen and oxygen atoms in total. The lowest BCUT2D eigenvalue weighted by Gasteiger charge is -2.16. The van der Waals surface area contributed by atoms with Gasteiger partial charge < -0.3 is 20.3 Å². The van der Waals surface area contributed by atoms with Crippen molar-refractivity contribution >= 4 is 23.2 Å². The molecule has 1 aromatic rings. The molecule has 6 heteroatoms.